The second-order valence-electron chi connectivity index (χ2n) is 6.41. The van der Waals surface area contributed by atoms with E-state index in [0.717, 1.165) is 38.4 Å². The maximum Gasteiger partial charge on any atom is 0.328 e. The zero-order valence-electron chi connectivity index (χ0n) is 15.3. The lowest BCUT2D eigenvalue weighted by Gasteiger charge is -2.35. The van der Waals surface area contributed by atoms with E-state index in [1.807, 2.05) is 32.0 Å². The summed E-state index contributed by atoms with van der Waals surface area (Å²) in [5.74, 6) is 0.483. The predicted molar refractivity (Wildman–Crippen MR) is 96.3 cm³/mol. The first-order chi connectivity index (χ1) is 12.0. The van der Waals surface area contributed by atoms with Crippen molar-refractivity contribution in [1.29, 1.82) is 0 Å². The molecule has 1 aliphatic rings. The maximum atomic E-state index is 12.3. The van der Waals surface area contributed by atoms with Gasteiger partial charge in [0.2, 0.25) is 5.91 Å². The van der Waals surface area contributed by atoms with E-state index in [2.05, 4.69) is 20.1 Å². The lowest BCUT2D eigenvalue weighted by Crippen LogP contribution is -2.52. The standard InChI is InChI=1S/C18H28N4O3/c1-4-14(2)17(18(24)25-3)20-16(23)13-21-9-11-22(12-10-21)15-7-5-6-8-19-15/h5-8,14,17H,4,9-13H2,1-3H3,(H,20,23)/t14-,17+/m0/s1. The number of aromatic nitrogens is 1. The van der Waals surface area contributed by atoms with Crippen molar-refractivity contribution < 1.29 is 14.3 Å². The average Bonchev–Trinajstić information content (AvgIpc) is 2.66. The molecule has 0 unspecified atom stereocenters. The van der Waals surface area contributed by atoms with Gasteiger partial charge in [0.15, 0.2) is 0 Å². The first-order valence-corrected chi connectivity index (χ1v) is 8.80. The quantitative estimate of drug-likeness (QED) is 0.738. The number of ether oxygens (including phenoxy) is 1. The second-order valence-corrected chi connectivity index (χ2v) is 6.41. The maximum absolute atomic E-state index is 12.3. The van der Waals surface area contributed by atoms with Gasteiger partial charge in [-0.2, -0.15) is 0 Å². The highest BCUT2D eigenvalue weighted by Crippen LogP contribution is 2.13. The van der Waals surface area contributed by atoms with Crippen LogP contribution < -0.4 is 10.2 Å². The third kappa shape index (κ3) is 5.42. The molecule has 0 saturated carbocycles. The summed E-state index contributed by atoms with van der Waals surface area (Å²) in [6.07, 6.45) is 2.58. The number of pyridine rings is 1. The monoisotopic (exact) mass is 348 g/mol. The number of piperazine rings is 1. The van der Waals surface area contributed by atoms with E-state index in [1.165, 1.54) is 7.11 Å². The predicted octanol–water partition coefficient (Wildman–Crippen LogP) is 0.908. The van der Waals surface area contributed by atoms with Crippen LogP contribution in [0.25, 0.3) is 0 Å². The van der Waals surface area contributed by atoms with E-state index in [1.54, 1.807) is 6.20 Å². The fourth-order valence-electron chi connectivity index (χ4n) is 2.89. The highest BCUT2D eigenvalue weighted by molar-refractivity contribution is 5.85. The van der Waals surface area contributed by atoms with E-state index < -0.39 is 6.04 Å². The molecule has 7 heteroatoms. The van der Waals surface area contributed by atoms with E-state index in [-0.39, 0.29) is 17.8 Å². The molecule has 0 aromatic carbocycles. The smallest absolute Gasteiger partial charge is 0.328 e. The van der Waals surface area contributed by atoms with Crippen molar-refractivity contribution in [2.45, 2.75) is 26.3 Å². The first kappa shape index (κ1) is 19.2. The summed E-state index contributed by atoms with van der Waals surface area (Å²) in [7, 11) is 1.35. The molecule has 25 heavy (non-hydrogen) atoms. The van der Waals surface area contributed by atoms with Crippen LogP contribution in [0.15, 0.2) is 24.4 Å². The third-order valence-electron chi connectivity index (χ3n) is 4.70. The number of hydrogen-bond donors (Lipinski definition) is 1. The van der Waals surface area contributed by atoms with Crippen LogP contribution in [0.2, 0.25) is 0 Å². The number of hydrogen-bond acceptors (Lipinski definition) is 6. The summed E-state index contributed by atoms with van der Waals surface area (Å²) in [4.78, 5) is 32.9. The molecule has 138 valence electrons. The van der Waals surface area contributed by atoms with Crippen molar-refractivity contribution >= 4 is 17.7 Å². The summed E-state index contributed by atoms with van der Waals surface area (Å²) >= 11 is 0. The Hall–Kier alpha value is -2.15. The summed E-state index contributed by atoms with van der Waals surface area (Å²) in [5, 5.41) is 2.83. The molecule has 1 aromatic heterocycles. The second kappa shape index (κ2) is 9.36. The van der Waals surface area contributed by atoms with Gasteiger partial charge in [0, 0.05) is 32.4 Å². The summed E-state index contributed by atoms with van der Waals surface area (Å²) in [5.41, 5.74) is 0. The Kier molecular flexibility index (Phi) is 7.18. The van der Waals surface area contributed by atoms with Gasteiger partial charge < -0.3 is 15.0 Å². The molecule has 1 N–H and O–H groups in total. The van der Waals surface area contributed by atoms with Crippen LogP contribution in [-0.2, 0) is 14.3 Å². The van der Waals surface area contributed by atoms with Gasteiger partial charge in [-0.3, -0.25) is 9.69 Å². The van der Waals surface area contributed by atoms with E-state index in [0.29, 0.717) is 6.54 Å². The minimum absolute atomic E-state index is 0.0393. The molecule has 0 radical (unpaired) electrons. The van der Waals surface area contributed by atoms with Gasteiger partial charge in [0.05, 0.1) is 13.7 Å². The van der Waals surface area contributed by atoms with Gasteiger partial charge in [0.25, 0.3) is 0 Å². The Bertz CT molecular complexity index is 559. The minimum atomic E-state index is -0.586. The Morgan fingerprint density at radius 1 is 1.28 bits per heavy atom. The van der Waals surface area contributed by atoms with Gasteiger partial charge in [0.1, 0.15) is 11.9 Å². The zero-order valence-corrected chi connectivity index (χ0v) is 15.3. The minimum Gasteiger partial charge on any atom is -0.467 e. The molecule has 7 nitrogen and oxygen atoms in total. The van der Waals surface area contributed by atoms with Crippen molar-refractivity contribution in [3.63, 3.8) is 0 Å². The normalized spacial score (nSPS) is 17.6. The highest BCUT2D eigenvalue weighted by Gasteiger charge is 2.28. The zero-order chi connectivity index (χ0) is 18.2. The average molecular weight is 348 g/mol. The van der Waals surface area contributed by atoms with Crippen molar-refractivity contribution in [3.05, 3.63) is 24.4 Å². The molecular weight excluding hydrogens is 320 g/mol. The number of carbonyl (C=O) groups is 2. The fraction of sp³-hybridized carbons (Fsp3) is 0.611. The number of esters is 1. The Balaban J connectivity index is 1.82. The largest absolute Gasteiger partial charge is 0.467 e. The molecule has 0 spiro atoms. The van der Waals surface area contributed by atoms with Crippen LogP contribution in [0.1, 0.15) is 20.3 Å². The van der Waals surface area contributed by atoms with Crippen LogP contribution in [0.3, 0.4) is 0 Å². The van der Waals surface area contributed by atoms with Crippen LogP contribution in [0, 0.1) is 5.92 Å². The van der Waals surface area contributed by atoms with Crippen molar-refractivity contribution in [2.24, 2.45) is 5.92 Å². The highest BCUT2D eigenvalue weighted by atomic mass is 16.5. The Morgan fingerprint density at radius 3 is 2.56 bits per heavy atom. The number of anilines is 1. The fourth-order valence-corrected chi connectivity index (χ4v) is 2.89. The van der Waals surface area contributed by atoms with E-state index in [4.69, 9.17) is 4.74 Å². The number of methoxy groups -OCH3 is 1. The van der Waals surface area contributed by atoms with Crippen molar-refractivity contribution in [1.82, 2.24) is 15.2 Å². The summed E-state index contributed by atoms with van der Waals surface area (Å²) in [6.45, 7) is 7.45. The lowest BCUT2D eigenvalue weighted by atomic mass is 9.99. The molecule has 1 aromatic rings. The molecule has 1 fully saturated rings. The van der Waals surface area contributed by atoms with Crippen LogP contribution in [0.5, 0.6) is 0 Å². The van der Waals surface area contributed by atoms with Gasteiger partial charge >= 0.3 is 5.97 Å². The van der Waals surface area contributed by atoms with E-state index in [9.17, 15) is 9.59 Å². The molecular formula is C18H28N4O3. The van der Waals surface area contributed by atoms with Gasteiger partial charge in [-0.1, -0.05) is 26.3 Å². The van der Waals surface area contributed by atoms with Crippen molar-refractivity contribution in [2.75, 3.05) is 44.7 Å². The third-order valence-corrected chi connectivity index (χ3v) is 4.70. The Labute approximate surface area is 149 Å². The molecule has 0 bridgehead atoms. The lowest BCUT2D eigenvalue weighted by molar-refractivity contribution is -0.146. The first-order valence-electron chi connectivity index (χ1n) is 8.80. The van der Waals surface area contributed by atoms with Crippen LogP contribution in [0.4, 0.5) is 5.82 Å². The van der Waals surface area contributed by atoms with Gasteiger partial charge in [-0.05, 0) is 18.1 Å². The number of nitrogens with zero attached hydrogens (tertiary/aromatic N) is 3. The molecule has 1 aliphatic heterocycles. The summed E-state index contributed by atoms with van der Waals surface area (Å²) < 4.78 is 4.81. The summed E-state index contributed by atoms with van der Waals surface area (Å²) in [6, 6.07) is 5.29. The number of amides is 1. The van der Waals surface area contributed by atoms with E-state index >= 15 is 0 Å². The molecule has 1 saturated heterocycles. The topological polar surface area (TPSA) is 74.8 Å². The van der Waals surface area contributed by atoms with Crippen LogP contribution in [-0.4, -0.2) is 67.6 Å². The van der Waals surface area contributed by atoms with Gasteiger partial charge in [-0.15, -0.1) is 0 Å². The molecule has 1 amide bonds. The molecule has 0 aliphatic carbocycles. The van der Waals surface area contributed by atoms with Crippen molar-refractivity contribution in [3.8, 4) is 0 Å². The number of carbonyl (C=O) groups excluding carboxylic acids is 2. The number of nitrogens with one attached hydrogen (secondary N) is 1. The molecule has 2 rings (SSSR count). The van der Waals surface area contributed by atoms with Crippen LogP contribution >= 0.6 is 0 Å². The number of rotatable bonds is 7. The SMILES string of the molecule is CC[C@H](C)[C@@H](NC(=O)CN1CCN(c2ccccn2)CC1)C(=O)OC. The molecule has 2 atom stereocenters. The van der Waals surface area contributed by atoms with Gasteiger partial charge in [-0.25, -0.2) is 9.78 Å². The Morgan fingerprint density at radius 2 is 2.00 bits per heavy atom. The molecule has 2 heterocycles.